The fourth-order valence-electron chi connectivity index (χ4n) is 12.6. The summed E-state index contributed by atoms with van der Waals surface area (Å²) in [6.45, 7) is 7.37. The molecule has 126 heavy (non-hydrogen) atoms. The van der Waals surface area contributed by atoms with E-state index in [0.717, 1.165) is 83.5 Å². The first-order valence-corrected chi connectivity index (χ1v) is 39.1. The van der Waals surface area contributed by atoms with Gasteiger partial charge in [-0.2, -0.15) is 39.5 Å². The van der Waals surface area contributed by atoms with E-state index in [-0.39, 0.29) is 57.3 Å². The predicted octanol–water partition coefficient (Wildman–Crippen LogP) is 14.0. The van der Waals surface area contributed by atoms with E-state index in [1.165, 1.54) is 6.33 Å². The minimum Gasteiger partial charge on any atom is -0.480 e. The number of amides is 4. The van der Waals surface area contributed by atoms with Crippen LogP contribution >= 0.6 is 0 Å². The number of nitrogens with one attached hydrogen (secondary N) is 9. The van der Waals surface area contributed by atoms with Crippen molar-refractivity contribution in [2.24, 2.45) is 16.6 Å². The summed E-state index contributed by atoms with van der Waals surface area (Å²) in [6.07, 6.45) is -1.02. The van der Waals surface area contributed by atoms with Gasteiger partial charge in [-0.3, -0.25) is 29.0 Å². The van der Waals surface area contributed by atoms with Crippen LogP contribution in [0, 0.1) is 5.92 Å². The normalized spacial score (nSPS) is 13.3. The number of aromatic nitrogens is 6. The number of fused-ring (bicyclic) bond motifs is 4. The summed E-state index contributed by atoms with van der Waals surface area (Å²) in [5.41, 5.74) is 16.2. The van der Waals surface area contributed by atoms with Gasteiger partial charge in [0.2, 0.25) is 11.8 Å². The molecule has 12 N–H and O–H groups in total. The van der Waals surface area contributed by atoms with Crippen LogP contribution < -0.4 is 27.0 Å². The highest BCUT2D eigenvalue weighted by Crippen LogP contribution is 2.28. The number of alkyl halides is 9. The van der Waals surface area contributed by atoms with Crippen molar-refractivity contribution in [1.82, 2.24) is 51.2 Å². The summed E-state index contributed by atoms with van der Waals surface area (Å²) in [7, 11) is 0. The molecule has 4 amide bonds. The molecule has 1 aliphatic rings. The predicted molar refractivity (Wildman–Crippen MR) is 447 cm³/mol. The second-order valence-electron chi connectivity index (χ2n) is 29.6. The Kier molecular flexibility index (Phi) is 33.7. The highest BCUT2D eigenvalue weighted by Gasteiger charge is 2.54. The number of hydrogen-bond acceptors (Lipinski definition) is 17. The van der Waals surface area contributed by atoms with E-state index < -0.39 is 108 Å². The van der Waals surface area contributed by atoms with Crippen LogP contribution in [-0.2, 0) is 114 Å². The van der Waals surface area contributed by atoms with Crippen LogP contribution in [0.3, 0.4) is 0 Å². The Morgan fingerprint density at radius 2 is 0.786 bits per heavy atom. The number of nitrogens with zero attached hydrogens (tertiary/aromatic N) is 2. The number of benzene rings is 7. The van der Waals surface area contributed by atoms with Crippen molar-refractivity contribution in [3.8, 4) is 0 Å². The monoisotopic (exact) mass is 1750 g/mol. The highest BCUT2D eigenvalue weighted by atomic mass is 19.4. The third-order valence-electron chi connectivity index (χ3n) is 18.8. The van der Waals surface area contributed by atoms with Crippen molar-refractivity contribution in [1.29, 1.82) is 0 Å². The van der Waals surface area contributed by atoms with Crippen LogP contribution in [0.2, 0.25) is 0 Å². The number of H-pyrrole nitrogens is 5. The molecular weight excluding hydrogens is 1660 g/mol. The van der Waals surface area contributed by atoms with Gasteiger partial charge in [-0.05, 0) is 84.0 Å². The van der Waals surface area contributed by atoms with Crippen LogP contribution in [-0.4, -0.2) is 155 Å². The molecule has 0 radical (unpaired) electrons. The average Bonchev–Trinajstić information content (AvgIpc) is 1.67. The van der Waals surface area contributed by atoms with Gasteiger partial charge in [-0.15, -0.1) is 0 Å². The van der Waals surface area contributed by atoms with Gasteiger partial charge in [0.1, 0.15) is 49.6 Å². The molecule has 12 aromatic rings. The zero-order chi connectivity index (χ0) is 91.3. The lowest BCUT2D eigenvalue weighted by Gasteiger charge is -2.23. The molecule has 0 aliphatic carbocycles. The van der Waals surface area contributed by atoms with Gasteiger partial charge >= 0.3 is 66.0 Å². The Balaban J connectivity index is 0.000000182. The molecule has 6 heterocycles. The quantitative estimate of drug-likeness (QED) is 0.00898. The lowest BCUT2D eigenvalue weighted by molar-refractivity contribution is -0.193. The number of aromatic amines is 5. The maximum Gasteiger partial charge on any atom is 0.471 e. The van der Waals surface area contributed by atoms with Crippen LogP contribution in [0.4, 0.5) is 44.3 Å². The van der Waals surface area contributed by atoms with Gasteiger partial charge in [-0.25, -0.2) is 29.0 Å². The smallest absolute Gasteiger partial charge is 0.471 e. The number of carboxylic acids is 1. The number of carboxylic acid groups (broad SMARTS) is 1. The average molecular weight is 1750 g/mol. The zero-order valence-electron chi connectivity index (χ0n) is 68.1. The van der Waals surface area contributed by atoms with E-state index in [0.29, 0.717) is 29.7 Å². The third-order valence-corrected chi connectivity index (χ3v) is 18.8. The number of ketones is 2. The van der Waals surface area contributed by atoms with Gasteiger partial charge in [0.25, 0.3) is 0 Å². The van der Waals surface area contributed by atoms with Crippen molar-refractivity contribution < 1.29 is 112 Å². The second kappa shape index (κ2) is 44.6. The molecule has 7 aromatic carbocycles. The number of allylic oxidation sites excluding steroid dienone is 2. The molecule has 4 unspecified atom stereocenters. The summed E-state index contributed by atoms with van der Waals surface area (Å²) < 4.78 is 126. The molecule has 0 spiro atoms. The molecule has 662 valence electrons. The Hall–Kier alpha value is -14.5. The highest BCUT2D eigenvalue weighted by molar-refractivity contribution is 6.41. The molecule has 0 bridgehead atoms. The van der Waals surface area contributed by atoms with Crippen LogP contribution in [0.1, 0.15) is 85.2 Å². The summed E-state index contributed by atoms with van der Waals surface area (Å²) in [5.74, 6) is -13.0. The standard InChI is InChI=1S/C26H27N3O3.C23H26N2O4.C20H17F3N2O3.C17H19N5O3.C4F6O2/c1-18(14-21-10-7-13-27-21)25(30)29-24(26(31)32-17-19-8-3-2-4-9-19)15-20-16-28-23-12-6-5-11-22(20)23;1-23(2,3)29-22(27)25-20(21(26)28-15-16-9-5-4-6-10-16)13-17-14-24-19-12-8-7-11-18(17)19;21-20(22,23)19(27)25-17(18(26)28-12-13-6-2-1-3-7-13)10-14-11-24-16-9-5-4-8-15(14)16;18-13(6-11-8-19-9-21-11)16(23)22-15(17(24)25)5-10-7-20-14-4-2-1-3-12(10)14;5-3(6,7)1(11)2(12)4(8,9)10/h2-6,8-13,16,18,24,28H,7,14-15,17H2,1H3,(H,29,30);4-12,14,20,24H,13,15H2,1-3H3,(H,25,27);1-9,11,17,24H,10,12H2,(H,25,27);1-4,7-9,13,15,20H,5-6,18H2,(H,19,21)(H,22,23)(H,24,25);/t18?,24-;;;13?,15-;/m0..0./s1. The zero-order valence-corrected chi connectivity index (χ0v) is 68.1. The lowest BCUT2D eigenvalue weighted by Crippen LogP contribution is -2.50. The Bertz CT molecular complexity index is 5720. The van der Waals surface area contributed by atoms with Gasteiger partial charge < -0.3 is 76.0 Å². The number of Topliss-reactive ketones (excluding diaryl/α,β-unsaturated/α-hetero) is 2. The van der Waals surface area contributed by atoms with E-state index in [9.17, 15) is 92.6 Å². The van der Waals surface area contributed by atoms with Crippen molar-refractivity contribution in [2.75, 3.05) is 0 Å². The fraction of sp³-hybridized carbons (Fsp3) is 0.267. The first-order chi connectivity index (χ1) is 59.9. The Labute approximate surface area is 713 Å². The van der Waals surface area contributed by atoms with Crippen molar-refractivity contribution in [3.63, 3.8) is 0 Å². The number of esters is 3. The number of nitrogens with two attached hydrogens (primary N) is 1. The van der Waals surface area contributed by atoms with Gasteiger partial charge in [0.15, 0.2) is 0 Å². The molecule has 5 aromatic heterocycles. The minimum atomic E-state index is -5.77. The molecule has 0 fully saturated rings. The van der Waals surface area contributed by atoms with Crippen LogP contribution in [0.25, 0.3) is 43.6 Å². The number of aliphatic imine (C=N–C) groups is 1. The summed E-state index contributed by atoms with van der Waals surface area (Å²) in [6, 6.07) is 53.1. The summed E-state index contributed by atoms with van der Waals surface area (Å²) in [4.78, 5) is 141. The van der Waals surface area contributed by atoms with E-state index in [1.807, 2.05) is 165 Å². The first-order valence-electron chi connectivity index (χ1n) is 39.1. The van der Waals surface area contributed by atoms with Gasteiger partial charge in [0.05, 0.1) is 12.4 Å². The number of halogens is 9. The Morgan fingerprint density at radius 3 is 1.12 bits per heavy atom. The second-order valence-corrected chi connectivity index (χ2v) is 29.6. The van der Waals surface area contributed by atoms with Crippen LogP contribution in [0.5, 0.6) is 0 Å². The number of hydrogen-bond donors (Lipinski definition) is 11. The molecule has 27 nitrogen and oxygen atoms in total. The van der Waals surface area contributed by atoms with E-state index in [1.54, 1.807) is 99.3 Å². The minimum absolute atomic E-state index is 0.105. The lowest BCUT2D eigenvalue weighted by atomic mass is 10.0. The molecule has 6 atom stereocenters. The number of imidazole rings is 1. The van der Waals surface area contributed by atoms with E-state index >= 15 is 0 Å². The molecule has 0 saturated heterocycles. The SMILES string of the molecule is CC(C)(C)OC(=O)NC(Cc1c[nH]c2ccccc12)C(=O)OCc1ccccc1.CC(CC1=CCC=N1)C(=O)N[C@@H](Cc1c[nH]c2ccccc12)C(=O)OCc1ccccc1.NC(Cc1cnc[nH]1)C(=O)N[C@@H](Cc1c[nH]c2ccccc12)C(=O)O.O=C(C(=O)C(F)(F)F)C(F)(F)F.O=C(OCc1ccccc1)C(Cc1c[nH]c2ccccc12)NC(=O)C(F)(F)F. The number of rotatable bonds is 29. The topological polar surface area (TPSA) is 406 Å². The number of alkyl carbamates (subject to hydrolysis) is 1. The summed E-state index contributed by atoms with van der Waals surface area (Å²) >= 11 is 0. The van der Waals surface area contributed by atoms with Gasteiger partial charge in [0, 0.05) is 143 Å². The maximum atomic E-state index is 13.0. The van der Waals surface area contributed by atoms with Crippen molar-refractivity contribution in [2.45, 2.75) is 147 Å². The van der Waals surface area contributed by atoms with Crippen molar-refractivity contribution >= 4 is 109 Å². The van der Waals surface area contributed by atoms with Crippen molar-refractivity contribution in [3.05, 3.63) is 282 Å². The first kappa shape index (κ1) is 95.4. The molecule has 1 aliphatic heterocycles. The fourth-order valence-corrected chi connectivity index (χ4v) is 12.6. The summed E-state index contributed by atoms with van der Waals surface area (Å²) in [5, 5.41) is 23.0. The van der Waals surface area contributed by atoms with E-state index in [2.05, 4.69) is 50.8 Å². The third kappa shape index (κ3) is 29.4. The maximum absolute atomic E-state index is 13.0. The largest absolute Gasteiger partial charge is 0.480 e. The number of carbonyl (C=O) groups is 10. The molecule has 36 heteroatoms. The van der Waals surface area contributed by atoms with E-state index in [4.69, 9.17) is 24.7 Å². The number of ether oxygens (including phenoxy) is 4. The molecule has 0 saturated carbocycles. The number of aliphatic carboxylic acids is 1. The van der Waals surface area contributed by atoms with Crippen LogP contribution in [0.15, 0.2) is 242 Å². The van der Waals surface area contributed by atoms with Gasteiger partial charge in [-0.1, -0.05) is 177 Å². The number of para-hydroxylation sites is 4. The molecule has 13 rings (SSSR count). The molecular formula is C90H89F9N12O15. The Morgan fingerprint density at radius 1 is 0.437 bits per heavy atom. The number of carbonyl (C=O) groups excluding carboxylic acids is 9.